The highest BCUT2D eigenvalue weighted by molar-refractivity contribution is 6.07. The second-order valence-corrected chi connectivity index (χ2v) is 7.06. The number of rotatable bonds is 6. The Bertz CT molecular complexity index is 1480. The molecule has 0 radical (unpaired) electrons. The van der Waals surface area contributed by atoms with Crippen LogP contribution in [0, 0.1) is 6.92 Å². The van der Waals surface area contributed by atoms with Gasteiger partial charge in [0.05, 0.1) is 23.9 Å². The summed E-state index contributed by atoms with van der Waals surface area (Å²) in [6, 6.07) is 9.62. The number of esters is 1. The van der Waals surface area contributed by atoms with E-state index in [1.807, 2.05) is 30.3 Å². The summed E-state index contributed by atoms with van der Waals surface area (Å²) in [7, 11) is 0. The first-order valence-corrected chi connectivity index (χ1v) is 10.2. The normalized spacial score (nSPS) is 11.2. The number of nitrogen functional groups attached to an aromatic ring is 1. The van der Waals surface area contributed by atoms with E-state index in [4.69, 9.17) is 19.6 Å². The fourth-order valence-corrected chi connectivity index (χ4v) is 3.53. The molecule has 0 saturated heterocycles. The minimum absolute atomic E-state index is 0.0305. The molecule has 0 spiro atoms. The third-order valence-electron chi connectivity index (χ3n) is 4.95. The van der Waals surface area contributed by atoms with Crippen LogP contribution in [0.25, 0.3) is 27.8 Å². The van der Waals surface area contributed by atoms with Gasteiger partial charge in [0.25, 0.3) is 0 Å². The highest BCUT2D eigenvalue weighted by atomic mass is 16.5. The van der Waals surface area contributed by atoms with Crippen molar-refractivity contribution in [1.29, 1.82) is 0 Å². The highest BCUT2D eigenvalue weighted by Gasteiger charge is 2.24. The Morgan fingerprint density at radius 3 is 2.79 bits per heavy atom. The number of para-hydroxylation sites is 1. The summed E-state index contributed by atoms with van der Waals surface area (Å²) in [4.78, 5) is 29.5. The summed E-state index contributed by atoms with van der Waals surface area (Å²) in [5.41, 5.74) is 8.00. The molecule has 5 rings (SSSR count). The number of benzene rings is 1. The summed E-state index contributed by atoms with van der Waals surface area (Å²) < 4.78 is 18.3. The molecule has 33 heavy (non-hydrogen) atoms. The second kappa shape index (κ2) is 8.19. The van der Waals surface area contributed by atoms with E-state index in [9.17, 15) is 4.79 Å². The number of furan rings is 1. The van der Waals surface area contributed by atoms with Gasteiger partial charge in [0.1, 0.15) is 35.5 Å². The first-order valence-electron chi connectivity index (χ1n) is 10.2. The van der Waals surface area contributed by atoms with E-state index >= 15 is 0 Å². The zero-order valence-corrected chi connectivity index (χ0v) is 17.8. The first kappa shape index (κ1) is 20.4. The van der Waals surface area contributed by atoms with Crippen LogP contribution in [0.4, 0.5) is 5.82 Å². The molecule has 0 saturated carbocycles. The topological polar surface area (TPSA) is 144 Å². The lowest BCUT2D eigenvalue weighted by molar-refractivity contribution is 0.0526. The summed E-state index contributed by atoms with van der Waals surface area (Å²) in [6.45, 7) is 3.56. The largest absolute Gasteiger partial charge is 0.469 e. The number of anilines is 1. The van der Waals surface area contributed by atoms with Crippen molar-refractivity contribution in [2.45, 2.75) is 20.5 Å². The van der Waals surface area contributed by atoms with Crippen LogP contribution in [0.5, 0.6) is 5.88 Å². The lowest BCUT2D eigenvalue weighted by Gasteiger charge is -2.07. The van der Waals surface area contributed by atoms with Crippen molar-refractivity contribution in [3.8, 4) is 11.6 Å². The van der Waals surface area contributed by atoms with Gasteiger partial charge in [-0.1, -0.05) is 18.2 Å². The van der Waals surface area contributed by atoms with Crippen LogP contribution in [-0.4, -0.2) is 42.3 Å². The first-order chi connectivity index (χ1) is 16.1. The smallest absolute Gasteiger partial charge is 0.342 e. The van der Waals surface area contributed by atoms with Crippen LogP contribution in [0.15, 0.2) is 47.3 Å². The predicted octanol–water partition coefficient (Wildman–Crippen LogP) is 3.00. The van der Waals surface area contributed by atoms with E-state index in [2.05, 4.69) is 25.0 Å². The summed E-state index contributed by atoms with van der Waals surface area (Å²) in [6.07, 6.45) is 3.04. The van der Waals surface area contributed by atoms with E-state index in [1.165, 1.54) is 6.33 Å². The number of aryl methyl sites for hydroxylation is 1. The van der Waals surface area contributed by atoms with E-state index in [0.29, 0.717) is 28.1 Å². The summed E-state index contributed by atoms with van der Waals surface area (Å²) >= 11 is 0. The van der Waals surface area contributed by atoms with Crippen molar-refractivity contribution in [2.24, 2.45) is 0 Å². The molecular weight excluding hydrogens is 426 g/mol. The van der Waals surface area contributed by atoms with Gasteiger partial charge < -0.3 is 19.6 Å². The molecule has 2 N–H and O–H groups in total. The number of carbonyl (C=O) groups excluding carboxylic acids is 1. The standard InChI is InChI=1S/C22H19N7O4/c1-3-31-22(30)16-12(2)33-21-17(16)18(23)27-15(28-21)10-32-20-14-9-26-29(19(14)24-11-25-20)13-7-5-4-6-8-13/h4-9,11H,3,10H2,1-2H3,(H2,23,27,28). The summed E-state index contributed by atoms with van der Waals surface area (Å²) in [5.74, 6) is 0.516. The minimum atomic E-state index is -0.535. The molecule has 0 aliphatic rings. The lowest BCUT2D eigenvalue weighted by atomic mass is 10.2. The maximum atomic E-state index is 12.3. The Labute approximate surface area is 187 Å². The number of hydrogen-bond donors (Lipinski definition) is 1. The van der Waals surface area contributed by atoms with Crippen molar-refractivity contribution in [2.75, 3.05) is 12.3 Å². The van der Waals surface area contributed by atoms with Crippen molar-refractivity contribution >= 4 is 33.9 Å². The van der Waals surface area contributed by atoms with Crippen molar-refractivity contribution < 1.29 is 18.7 Å². The predicted molar refractivity (Wildman–Crippen MR) is 118 cm³/mol. The highest BCUT2D eigenvalue weighted by Crippen LogP contribution is 2.29. The number of nitrogens with two attached hydrogens (primary N) is 1. The molecule has 0 aliphatic carbocycles. The molecule has 0 unspecified atom stereocenters. The SMILES string of the molecule is CCOC(=O)c1c(C)oc2nc(COc3ncnc4c3cnn4-c3ccccc3)nc(N)c12. The Morgan fingerprint density at radius 1 is 1.18 bits per heavy atom. The zero-order valence-electron chi connectivity index (χ0n) is 17.8. The average molecular weight is 445 g/mol. The van der Waals surface area contributed by atoms with Crippen LogP contribution in [0.2, 0.25) is 0 Å². The molecule has 4 heterocycles. The van der Waals surface area contributed by atoms with Gasteiger partial charge >= 0.3 is 5.97 Å². The van der Waals surface area contributed by atoms with Crippen molar-refractivity contribution in [1.82, 2.24) is 29.7 Å². The third kappa shape index (κ3) is 3.59. The zero-order chi connectivity index (χ0) is 22.9. The average Bonchev–Trinajstić information content (AvgIpc) is 3.39. The van der Waals surface area contributed by atoms with Crippen LogP contribution >= 0.6 is 0 Å². The van der Waals surface area contributed by atoms with Crippen LogP contribution in [0.3, 0.4) is 0 Å². The maximum absolute atomic E-state index is 12.3. The Morgan fingerprint density at radius 2 is 2.00 bits per heavy atom. The van der Waals surface area contributed by atoms with Crippen molar-refractivity contribution in [3.63, 3.8) is 0 Å². The Hall–Kier alpha value is -4.54. The second-order valence-electron chi connectivity index (χ2n) is 7.06. The number of aromatic nitrogens is 6. The van der Waals surface area contributed by atoms with Gasteiger partial charge in [-0.25, -0.2) is 24.4 Å². The molecule has 11 heteroatoms. The van der Waals surface area contributed by atoms with E-state index in [-0.39, 0.29) is 36.1 Å². The molecule has 0 bridgehead atoms. The Kier molecular flexibility index (Phi) is 5.05. The molecule has 0 atom stereocenters. The fourth-order valence-electron chi connectivity index (χ4n) is 3.53. The number of hydrogen-bond acceptors (Lipinski definition) is 10. The van der Waals surface area contributed by atoms with Gasteiger partial charge in [-0.2, -0.15) is 10.1 Å². The number of nitrogens with zero attached hydrogens (tertiary/aromatic N) is 6. The van der Waals surface area contributed by atoms with Gasteiger partial charge in [-0.3, -0.25) is 0 Å². The molecule has 1 aromatic carbocycles. The van der Waals surface area contributed by atoms with Gasteiger partial charge in [0.15, 0.2) is 11.5 Å². The maximum Gasteiger partial charge on any atom is 0.342 e. The van der Waals surface area contributed by atoms with E-state index in [1.54, 1.807) is 24.7 Å². The lowest BCUT2D eigenvalue weighted by Crippen LogP contribution is -2.09. The van der Waals surface area contributed by atoms with Crippen LogP contribution in [0.1, 0.15) is 28.9 Å². The van der Waals surface area contributed by atoms with Crippen molar-refractivity contribution in [3.05, 3.63) is 60.0 Å². The number of carbonyl (C=O) groups is 1. The molecule has 4 aromatic heterocycles. The number of ether oxygens (including phenoxy) is 2. The minimum Gasteiger partial charge on any atom is -0.469 e. The molecule has 11 nitrogen and oxygen atoms in total. The molecule has 0 amide bonds. The van der Waals surface area contributed by atoms with Gasteiger partial charge in [-0.15, -0.1) is 0 Å². The van der Waals surface area contributed by atoms with Crippen LogP contribution in [-0.2, 0) is 11.3 Å². The molecule has 0 fully saturated rings. The third-order valence-corrected chi connectivity index (χ3v) is 4.95. The monoisotopic (exact) mass is 445 g/mol. The fraction of sp³-hybridized carbons (Fsp3) is 0.182. The molecular formula is C22H19N7O4. The van der Waals surface area contributed by atoms with E-state index in [0.717, 1.165) is 5.69 Å². The van der Waals surface area contributed by atoms with Gasteiger partial charge in [0.2, 0.25) is 11.6 Å². The van der Waals surface area contributed by atoms with E-state index < -0.39 is 5.97 Å². The van der Waals surface area contributed by atoms with Gasteiger partial charge in [0, 0.05) is 0 Å². The number of fused-ring (bicyclic) bond motifs is 2. The molecule has 166 valence electrons. The molecule has 5 aromatic rings. The molecule has 0 aliphatic heterocycles. The quantitative estimate of drug-likeness (QED) is 0.387. The van der Waals surface area contributed by atoms with Crippen LogP contribution < -0.4 is 10.5 Å². The Balaban J connectivity index is 1.44. The van der Waals surface area contributed by atoms with Gasteiger partial charge in [-0.05, 0) is 26.0 Å². The summed E-state index contributed by atoms with van der Waals surface area (Å²) in [5, 5.41) is 5.36.